The van der Waals surface area contributed by atoms with E-state index in [1.54, 1.807) is 12.1 Å². The van der Waals surface area contributed by atoms with Gasteiger partial charge in [0.1, 0.15) is 11.6 Å². The quantitative estimate of drug-likeness (QED) is 0.534. The predicted molar refractivity (Wildman–Crippen MR) is 123 cm³/mol. The van der Waals surface area contributed by atoms with E-state index in [4.69, 9.17) is 9.47 Å². The second-order valence-corrected chi connectivity index (χ2v) is 8.43. The molecule has 1 aromatic heterocycles. The maximum Gasteiger partial charge on any atom is 0.231 e. The van der Waals surface area contributed by atoms with Gasteiger partial charge in [0.2, 0.25) is 6.79 Å². The molecule has 1 unspecified atom stereocenters. The minimum atomic E-state index is -0.545. The number of carbonyl (C=O) groups is 1. The minimum absolute atomic E-state index is 0.0235. The van der Waals surface area contributed by atoms with E-state index in [0.717, 1.165) is 11.3 Å². The van der Waals surface area contributed by atoms with Crippen LogP contribution in [-0.2, 0) is 4.79 Å². The van der Waals surface area contributed by atoms with Crippen LogP contribution in [0.4, 0.5) is 10.1 Å². The molecule has 0 amide bonds. The number of ketones is 1. The van der Waals surface area contributed by atoms with Crippen LogP contribution in [0, 0.1) is 17.1 Å². The lowest BCUT2D eigenvalue weighted by Gasteiger charge is -2.41. The van der Waals surface area contributed by atoms with Crippen LogP contribution in [0.3, 0.4) is 0 Å². The first-order valence-electron chi connectivity index (χ1n) is 11.1. The van der Waals surface area contributed by atoms with Crippen LogP contribution in [0.5, 0.6) is 11.5 Å². The Kier molecular flexibility index (Phi) is 4.73. The van der Waals surface area contributed by atoms with Gasteiger partial charge in [-0.1, -0.05) is 6.07 Å². The summed E-state index contributed by atoms with van der Waals surface area (Å²) >= 11 is 0. The van der Waals surface area contributed by atoms with Crippen molar-refractivity contribution in [3.63, 3.8) is 0 Å². The van der Waals surface area contributed by atoms with Crippen molar-refractivity contribution >= 4 is 17.3 Å². The van der Waals surface area contributed by atoms with Crippen molar-refractivity contribution in [1.29, 1.82) is 5.26 Å². The molecular weight excluding hydrogens is 433 g/mol. The van der Waals surface area contributed by atoms with Crippen LogP contribution in [0.15, 0.2) is 83.8 Å². The summed E-state index contributed by atoms with van der Waals surface area (Å²) in [6, 6.07) is 17.9. The Balaban J connectivity index is 1.64. The predicted octanol–water partition coefficient (Wildman–Crippen LogP) is 5.36. The van der Waals surface area contributed by atoms with Gasteiger partial charge in [0.05, 0.1) is 17.6 Å². The minimum Gasteiger partial charge on any atom is -0.454 e. The van der Waals surface area contributed by atoms with Crippen molar-refractivity contribution in [3.05, 3.63) is 95.2 Å². The molecule has 0 fully saturated rings. The van der Waals surface area contributed by atoms with Gasteiger partial charge in [-0.2, -0.15) is 5.26 Å². The number of fused-ring (bicyclic) bond motifs is 1. The topological polar surface area (TPSA) is 67.5 Å². The molecule has 168 valence electrons. The lowest BCUT2D eigenvalue weighted by atomic mass is 9.75. The number of rotatable bonds is 3. The monoisotopic (exact) mass is 453 g/mol. The number of halogens is 1. The Morgan fingerprint density at radius 2 is 1.76 bits per heavy atom. The fourth-order valence-corrected chi connectivity index (χ4v) is 5.07. The Morgan fingerprint density at radius 3 is 2.53 bits per heavy atom. The summed E-state index contributed by atoms with van der Waals surface area (Å²) in [5, 5.41) is 10.5. The highest BCUT2D eigenvalue weighted by molar-refractivity contribution is 6.03. The van der Waals surface area contributed by atoms with Gasteiger partial charge in [0.15, 0.2) is 17.3 Å². The van der Waals surface area contributed by atoms with E-state index in [1.165, 1.54) is 12.1 Å². The number of allylic oxidation sites excluding steroid dienone is 3. The molecule has 3 aliphatic rings. The number of ether oxygens (including phenoxy) is 2. The van der Waals surface area contributed by atoms with E-state index in [2.05, 4.69) is 6.07 Å². The number of benzene rings is 2. The summed E-state index contributed by atoms with van der Waals surface area (Å²) in [7, 11) is 0. The second kappa shape index (κ2) is 7.92. The first-order chi connectivity index (χ1) is 16.7. The van der Waals surface area contributed by atoms with Crippen molar-refractivity contribution in [3.8, 4) is 17.6 Å². The lowest BCUT2D eigenvalue weighted by Crippen LogP contribution is -2.36. The van der Waals surface area contributed by atoms with Gasteiger partial charge < -0.3 is 14.0 Å². The van der Waals surface area contributed by atoms with Gasteiger partial charge in [0, 0.05) is 35.8 Å². The summed E-state index contributed by atoms with van der Waals surface area (Å²) < 4.78 is 26.7. The number of anilines is 1. The van der Waals surface area contributed by atoms with Gasteiger partial charge in [-0.25, -0.2) is 4.39 Å². The first kappa shape index (κ1) is 20.3. The zero-order valence-corrected chi connectivity index (χ0v) is 18.2. The number of nitriles is 1. The first-order valence-corrected chi connectivity index (χ1v) is 11.1. The zero-order chi connectivity index (χ0) is 23.2. The number of hydrogen-bond acceptors (Lipinski definition) is 5. The molecular formula is C27H20FN3O3. The Bertz CT molecular complexity index is 1400. The van der Waals surface area contributed by atoms with Crippen LogP contribution in [0.2, 0.25) is 0 Å². The lowest BCUT2D eigenvalue weighted by molar-refractivity contribution is -0.116. The van der Waals surface area contributed by atoms with E-state index in [0.29, 0.717) is 53.4 Å². The highest BCUT2D eigenvalue weighted by atomic mass is 19.1. The third-order valence-electron chi connectivity index (χ3n) is 6.51. The fourth-order valence-electron chi connectivity index (χ4n) is 5.07. The Morgan fingerprint density at radius 1 is 1.00 bits per heavy atom. The molecule has 1 aliphatic carbocycles. The standard InChI is InChI=1S/C27H20FN3O3/c28-18-7-9-19(10-8-18)31-21-4-3-5-22(32)26(21)25(17-6-11-23-24(14-17)34-16-33-23)20(15-29)27(31)30-12-1-2-13-30/h1-2,6-14,25H,3-5,16H2. The number of nitrogens with zero attached hydrogens (tertiary/aromatic N) is 3. The van der Waals surface area contributed by atoms with Gasteiger partial charge in [-0.15, -0.1) is 0 Å². The highest BCUT2D eigenvalue weighted by Crippen LogP contribution is 2.49. The molecule has 7 heteroatoms. The van der Waals surface area contributed by atoms with Crippen LogP contribution >= 0.6 is 0 Å². The SMILES string of the molecule is N#CC1=C(n2cccc2)N(c2ccc(F)cc2)C2=C(C(=O)CCC2)C1c1ccc2c(c1)OCO2. The summed E-state index contributed by atoms with van der Waals surface area (Å²) in [5.74, 6) is 1.01. The molecule has 3 aromatic rings. The average Bonchev–Trinajstić information content (AvgIpc) is 3.55. The molecule has 6 rings (SSSR count). The van der Waals surface area contributed by atoms with Gasteiger partial charge in [-0.3, -0.25) is 9.69 Å². The largest absolute Gasteiger partial charge is 0.454 e. The second-order valence-electron chi connectivity index (χ2n) is 8.43. The maximum absolute atomic E-state index is 13.8. The van der Waals surface area contributed by atoms with Crippen molar-refractivity contribution in [2.75, 3.05) is 11.7 Å². The van der Waals surface area contributed by atoms with E-state index in [9.17, 15) is 14.4 Å². The fraction of sp³-hybridized carbons (Fsp3) is 0.185. The molecule has 0 bridgehead atoms. The molecule has 2 aliphatic heterocycles. The molecule has 0 radical (unpaired) electrons. The van der Waals surface area contributed by atoms with Crippen LogP contribution in [-0.4, -0.2) is 17.1 Å². The van der Waals surface area contributed by atoms with Crippen molar-refractivity contribution < 1.29 is 18.7 Å². The van der Waals surface area contributed by atoms with Gasteiger partial charge in [-0.05, 0) is 66.9 Å². The summed E-state index contributed by atoms with van der Waals surface area (Å²) in [5.41, 5.74) is 3.39. The smallest absolute Gasteiger partial charge is 0.231 e. The average molecular weight is 453 g/mol. The molecule has 3 heterocycles. The van der Waals surface area contributed by atoms with E-state index < -0.39 is 5.92 Å². The van der Waals surface area contributed by atoms with Gasteiger partial charge >= 0.3 is 0 Å². The molecule has 0 spiro atoms. The molecule has 0 saturated heterocycles. The summed E-state index contributed by atoms with van der Waals surface area (Å²) in [4.78, 5) is 15.3. The molecule has 6 nitrogen and oxygen atoms in total. The molecule has 0 N–H and O–H groups in total. The van der Waals surface area contributed by atoms with Crippen molar-refractivity contribution in [2.45, 2.75) is 25.2 Å². The highest BCUT2D eigenvalue weighted by Gasteiger charge is 2.42. The zero-order valence-electron chi connectivity index (χ0n) is 18.2. The van der Waals surface area contributed by atoms with E-state index in [1.807, 2.05) is 52.2 Å². The molecule has 0 saturated carbocycles. The van der Waals surface area contributed by atoms with Crippen LogP contribution in [0.1, 0.15) is 30.7 Å². The molecule has 1 atom stereocenters. The van der Waals surface area contributed by atoms with Crippen molar-refractivity contribution in [1.82, 2.24) is 4.57 Å². The number of carbonyl (C=O) groups excluding carboxylic acids is 1. The van der Waals surface area contributed by atoms with Crippen LogP contribution in [0.25, 0.3) is 5.82 Å². The van der Waals surface area contributed by atoms with E-state index >= 15 is 0 Å². The third kappa shape index (κ3) is 3.11. The Hall–Kier alpha value is -4.31. The van der Waals surface area contributed by atoms with Crippen molar-refractivity contribution in [2.24, 2.45) is 0 Å². The van der Waals surface area contributed by atoms with E-state index in [-0.39, 0.29) is 18.4 Å². The van der Waals surface area contributed by atoms with Crippen LogP contribution < -0.4 is 14.4 Å². The van der Waals surface area contributed by atoms with Gasteiger partial charge in [0.25, 0.3) is 0 Å². The number of Topliss-reactive ketones (excluding diaryl/α,β-unsaturated/α-hetero) is 1. The maximum atomic E-state index is 13.8. The molecule has 2 aromatic carbocycles. The number of hydrogen-bond donors (Lipinski definition) is 0. The third-order valence-corrected chi connectivity index (χ3v) is 6.51. The Labute approximate surface area is 195 Å². The number of aromatic nitrogens is 1. The summed E-state index contributed by atoms with van der Waals surface area (Å²) in [6.45, 7) is 0.143. The summed E-state index contributed by atoms with van der Waals surface area (Å²) in [6.07, 6.45) is 5.55. The molecule has 34 heavy (non-hydrogen) atoms. The normalized spacial score (nSPS) is 19.4.